The van der Waals surface area contributed by atoms with Gasteiger partial charge in [-0.1, -0.05) is 6.07 Å². The maximum Gasteiger partial charge on any atom is 0.112 e. The zero-order valence-corrected chi connectivity index (χ0v) is 9.15. The summed E-state index contributed by atoms with van der Waals surface area (Å²) in [5.41, 5.74) is 3.37. The van der Waals surface area contributed by atoms with Crippen LogP contribution in [0.25, 0.3) is 11.0 Å². The second kappa shape index (κ2) is 4.14. The summed E-state index contributed by atoms with van der Waals surface area (Å²) in [7, 11) is 0. The number of benzene rings is 1. The standard InChI is InChI=1S/C12H15N3O/c1-3-10-12(14-9-13-10)11(4-1)15-5-2-7-16-8-6-15/h1,3-4,9H,2,5-8H2,(H,13,14). The van der Waals surface area contributed by atoms with Crippen molar-refractivity contribution in [1.29, 1.82) is 0 Å². The monoisotopic (exact) mass is 217 g/mol. The lowest BCUT2D eigenvalue weighted by Gasteiger charge is -2.22. The van der Waals surface area contributed by atoms with E-state index in [0.29, 0.717) is 0 Å². The lowest BCUT2D eigenvalue weighted by Crippen LogP contribution is -2.26. The number of aromatic amines is 1. The minimum absolute atomic E-state index is 0.806. The fourth-order valence-electron chi connectivity index (χ4n) is 2.19. The van der Waals surface area contributed by atoms with Gasteiger partial charge < -0.3 is 14.6 Å². The van der Waals surface area contributed by atoms with Gasteiger partial charge in [0.25, 0.3) is 0 Å². The molecule has 0 amide bonds. The number of aromatic nitrogens is 2. The Morgan fingerprint density at radius 3 is 3.25 bits per heavy atom. The number of nitrogens with zero attached hydrogens (tertiary/aromatic N) is 2. The Morgan fingerprint density at radius 1 is 1.25 bits per heavy atom. The molecule has 1 aliphatic heterocycles. The molecule has 0 spiro atoms. The van der Waals surface area contributed by atoms with Crippen LogP contribution in [0.4, 0.5) is 5.69 Å². The third-order valence-corrected chi connectivity index (χ3v) is 2.99. The van der Waals surface area contributed by atoms with Gasteiger partial charge in [-0.2, -0.15) is 0 Å². The van der Waals surface area contributed by atoms with Crippen LogP contribution < -0.4 is 4.90 Å². The Labute approximate surface area is 94.2 Å². The average molecular weight is 217 g/mol. The number of rotatable bonds is 1. The van der Waals surface area contributed by atoms with Gasteiger partial charge in [0.1, 0.15) is 5.52 Å². The van der Waals surface area contributed by atoms with Crippen molar-refractivity contribution in [3.63, 3.8) is 0 Å². The summed E-state index contributed by atoms with van der Waals surface area (Å²) in [6.45, 7) is 3.67. The number of anilines is 1. The molecule has 1 N–H and O–H groups in total. The quantitative estimate of drug-likeness (QED) is 0.791. The van der Waals surface area contributed by atoms with Crippen LogP contribution in [0.5, 0.6) is 0 Å². The van der Waals surface area contributed by atoms with Crippen molar-refractivity contribution in [2.75, 3.05) is 31.2 Å². The van der Waals surface area contributed by atoms with Crippen LogP contribution in [0.2, 0.25) is 0 Å². The van der Waals surface area contributed by atoms with Crippen molar-refractivity contribution in [2.45, 2.75) is 6.42 Å². The molecule has 3 rings (SSSR count). The minimum atomic E-state index is 0.806. The molecule has 2 heterocycles. The summed E-state index contributed by atoms with van der Waals surface area (Å²) in [4.78, 5) is 9.89. The van der Waals surface area contributed by atoms with Gasteiger partial charge in [0, 0.05) is 19.7 Å². The topological polar surface area (TPSA) is 41.1 Å². The van der Waals surface area contributed by atoms with Crippen LogP contribution >= 0.6 is 0 Å². The highest BCUT2D eigenvalue weighted by Gasteiger charge is 2.13. The van der Waals surface area contributed by atoms with Crippen molar-refractivity contribution >= 4 is 16.7 Å². The Kier molecular flexibility index (Phi) is 2.50. The molecule has 1 fully saturated rings. The van der Waals surface area contributed by atoms with E-state index in [-0.39, 0.29) is 0 Å². The van der Waals surface area contributed by atoms with Crippen LogP contribution in [0.1, 0.15) is 6.42 Å². The summed E-state index contributed by atoms with van der Waals surface area (Å²) in [6, 6.07) is 6.26. The van der Waals surface area contributed by atoms with Crippen LogP contribution in [0.15, 0.2) is 24.5 Å². The van der Waals surface area contributed by atoms with Crippen molar-refractivity contribution in [3.8, 4) is 0 Å². The van der Waals surface area contributed by atoms with E-state index in [2.05, 4.69) is 33.1 Å². The molecule has 0 aliphatic carbocycles. The normalized spacial score (nSPS) is 17.6. The van der Waals surface area contributed by atoms with Crippen LogP contribution in [-0.4, -0.2) is 36.3 Å². The van der Waals surface area contributed by atoms with Gasteiger partial charge in [-0.15, -0.1) is 0 Å². The third kappa shape index (κ3) is 1.65. The first-order valence-electron chi connectivity index (χ1n) is 5.70. The molecular weight excluding hydrogens is 202 g/mol. The number of para-hydroxylation sites is 1. The first kappa shape index (κ1) is 9.66. The molecule has 1 aliphatic rings. The molecule has 0 atom stereocenters. The Bertz CT molecular complexity index is 472. The van der Waals surface area contributed by atoms with E-state index >= 15 is 0 Å². The van der Waals surface area contributed by atoms with E-state index in [9.17, 15) is 0 Å². The van der Waals surface area contributed by atoms with E-state index < -0.39 is 0 Å². The molecule has 4 heteroatoms. The first-order valence-corrected chi connectivity index (χ1v) is 5.70. The summed E-state index contributed by atoms with van der Waals surface area (Å²) < 4.78 is 5.47. The van der Waals surface area contributed by atoms with Gasteiger partial charge in [0.05, 0.1) is 24.1 Å². The van der Waals surface area contributed by atoms with Gasteiger partial charge in [-0.25, -0.2) is 4.98 Å². The molecule has 1 aromatic heterocycles. The van der Waals surface area contributed by atoms with E-state index in [1.807, 2.05) is 0 Å². The molecule has 0 saturated carbocycles. The van der Waals surface area contributed by atoms with E-state index in [1.165, 1.54) is 5.69 Å². The van der Waals surface area contributed by atoms with E-state index in [4.69, 9.17) is 4.74 Å². The number of H-pyrrole nitrogens is 1. The highest BCUT2D eigenvalue weighted by molar-refractivity contribution is 5.88. The molecule has 16 heavy (non-hydrogen) atoms. The third-order valence-electron chi connectivity index (χ3n) is 2.99. The molecule has 0 unspecified atom stereocenters. The van der Waals surface area contributed by atoms with Crippen molar-refractivity contribution in [1.82, 2.24) is 9.97 Å². The molecule has 0 bridgehead atoms. The first-order chi connectivity index (χ1) is 7.95. The van der Waals surface area contributed by atoms with E-state index in [0.717, 1.165) is 43.8 Å². The van der Waals surface area contributed by atoms with Crippen LogP contribution in [0.3, 0.4) is 0 Å². The summed E-state index contributed by atoms with van der Waals surface area (Å²) in [5.74, 6) is 0. The molecular formula is C12H15N3O. The lowest BCUT2D eigenvalue weighted by atomic mass is 10.2. The van der Waals surface area contributed by atoms with E-state index in [1.54, 1.807) is 6.33 Å². The second-order valence-electron chi connectivity index (χ2n) is 4.03. The SMILES string of the molecule is c1cc(N2CCCOCC2)c2nc[nH]c2c1. The zero-order chi connectivity index (χ0) is 10.8. The number of imidazole rings is 1. The fourth-order valence-corrected chi connectivity index (χ4v) is 2.19. The maximum atomic E-state index is 5.47. The van der Waals surface area contributed by atoms with Crippen molar-refractivity contribution < 1.29 is 4.74 Å². The zero-order valence-electron chi connectivity index (χ0n) is 9.15. The smallest absolute Gasteiger partial charge is 0.112 e. The van der Waals surface area contributed by atoms with Gasteiger partial charge in [0.2, 0.25) is 0 Å². The maximum absolute atomic E-state index is 5.47. The average Bonchev–Trinajstić information content (AvgIpc) is 2.63. The molecule has 1 saturated heterocycles. The molecule has 84 valence electrons. The van der Waals surface area contributed by atoms with Gasteiger partial charge in [0.15, 0.2) is 0 Å². The number of nitrogens with one attached hydrogen (secondary N) is 1. The van der Waals surface area contributed by atoms with Gasteiger partial charge in [-0.05, 0) is 18.6 Å². The fraction of sp³-hybridized carbons (Fsp3) is 0.417. The number of ether oxygens (including phenoxy) is 1. The Morgan fingerprint density at radius 2 is 2.25 bits per heavy atom. The van der Waals surface area contributed by atoms with Crippen LogP contribution in [0, 0.1) is 0 Å². The summed E-state index contributed by atoms with van der Waals surface area (Å²) in [6.07, 6.45) is 2.84. The number of fused-ring (bicyclic) bond motifs is 1. The highest BCUT2D eigenvalue weighted by atomic mass is 16.5. The van der Waals surface area contributed by atoms with Crippen LogP contribution in [-0.2, 0) is 4.74 Å². The molecule has 2 aromatic rings. The van der Waals surface area contributed by atoms with Gasteiger partial charge in [-0.3, -0.25) is 0 Å². The molecule has 1 aromatic carbocycles. The minimum Gasteiger partial charge on any atom is -0.380 e. The highest BCUT2D eigenvalue weighted by Crippen LogP contribution is 2.24. The van der Waals surface area contributed by atoms with Crippen molar-refractivity contribution in [2.24, 2.45) is 0 Å². The molecule has 4 nitrogen and oxygen atoms in total. The predicted octanol–water partition coefficient (Wildman–Crippen LogP) is 1.79. The lowest BCUT2D eigenvalue weighted by molar-refractivity contribution is 0.152. The summed E-state index contributed by atoms with van der Waals surface area (Å²) in [5, 5.41) is 0. The Balaban J connectivity index is 2.00. The predicted molar refractivity (Wildman–Crippen MR) is 63.7 cm³/mol. The number of hydrogen-bond acceptors (Lipinski definition) is 3. The molecule has 0 radical (unpaired) electrons. The number of hydrogen-bond donors (Lipinski definition) is 1. The summed E-state index contributed by atoms with van der Waals surface area (Å²) >= 11 is 0. The van der Waals surface area contributed by atoms with Crippen molar-refractivity contribution in [3.05, 3.63) is 24.5 Å². The Hall–Kier alpha value is -1.55. The van der Waals surface area contributed by atoms with Gasteiger partial charge >= 0.3 is 0 Å². The second-order valence-corrected chi connectivity index (χ2v) is 4.03. The largest absolute Gasteiger partial charge is 0.380 e.